The van der Waals surface area contributed by atoms with E-state index >= 15 is 0 Å². The third kappa shape index (κ3) is 3.90. The van der Waals surface area contributed by atoms with E-state index in [0.29, 0.717) is 6.42 Å². The number of primary amides is 1. The molecule has 0 aromatic carbocycles. The van der Waals surface area contributed by atoms with E-state index in [2.05, 4.69) is 15.9 Å². The summed E-state index contributed by atoms with van der Waals surface area (Å²) in [5.41, 5.74) is 5.17. The number of alkyl halides is 3. The van der Waals surface area contributed by atoms with Gasteiger partial charge >= 0.3 is 4.83 Å². The lowest BCUT2D eigenvalue weighted by molar-refractivity contribution is -0.136. The number of likely N-dealkylation sites (tertiary alicyclic amines) is 1. The fraction of sp³-hybridized carbons (Fsp3) is 0.800. The van der Waals surface area contributed by atoms with Gasteiger partial charge in [0.1, 0.15) is 6.04 Å². The Balaban J connectivity index is 2.67. The van der Waals surface area contributed by atoms with Gasteiger partial charge in [0.05, 0.1) is 0 Å². The Morgan fingerprint density at radius 2 is 2.29 bits per heavy atom. The van der Waals surface area contributed by atoms with E-state index in [1.54, 1.807) is 6.92 Å². The molecule has 4 nitrogen and oxygen atoms in total. The molecule has 1 unspecified atom stereocenters. The molecule has 0 spiro atoms. The molecule has 0 aliphatic carbocycles. The Morgan fingerprint density at radius 1 is 1.71 bits per heavy atom. The van der Waals surface area contributed by atoms with Crippen molar-refractivity contribution < 1.29 is 18.4 Å². The molecular formula is C10H15BrF2N2O2. The molecule has 0 aromatic heterocycles. The summed E-state index contributed by atoms with van der Waals surface area (Å²) < 4.78 is 25.5. The van der Waals surface area contributed by atoms with Crippen LogP contribution in [-0.4, -0.2) is 34.1 Å². The molecule has 0 saturated carbocycles. The minimum atomic E-state index is -2.97. The molecule has 1 aliphatic rings. The molecule has 1 heterocycles. The lowest BCUT2D eigenvalue weighted by atomic mass is 10.1. The number of nitrogens with zero attached hydrogens (tertiary/aromatic N) is 1. The van der Waals surface area contributed by atoms with Crippen LogP contribution in [0.5, 0.6) is 0 Å². The SMILES string of the molecule is CC[C@@H](C(N)=O)N1CC(CC(F)(F)Br)CC1=O. The first-order valence-corrected chi connectivity index (χ1v) is 6.19. The van der Waals surface area contributed by atoms with E-state index < -0.39 is 29.1 Å². The number of amides is 2. The lowest BCUT2D eigenvalue weighted by Crippen LogP contribution is -2.45. The highest BCUT2D eigenvalue weighted by atomic mass is 79.9. The third-order valence-corrected chi connectivity index (χ3v) is 3.17. The van der Waals surface area contributed by atoms with Crippen LogP contribution < -0.4 is 5.73 Å². The van der Waals surface area contributed by atoms with Gasteiger partial charge in [0.15, 0.2) is 0 Å². The average Bonchev–Trinajstić information content (AvgIpc) is 2.44. The first-order valence-electron chi connectivity index (χ1n) is 5.40. The molecule has 2 atom stereocenters. The van der Waals surface area contributed by atoms with Crippen molar-refractivity contribution in [3.05, 3.63) is 0 Å². The van der Waals surface area contributed by atoms with Gasteiger partial charge in [-0.3, -0.25) is 9.59 Å². The Bertz CT molecular complexity index is 320. The maximum absolute atomic E-state index is 12.8. The molecule has 17 heavy (non-hydrogen) atoms. The van der Waals surface area contributed by atoms with Gasteiger partial charge in [0.25, 0.3) is 0 Å². The highest BCUT2D eigenvalue weighted by Crippen LogP contribution is 2.35. The molecule has 2 N–H and O–H groups in total. The molecule has 1 fully saturated rings. The van der Waals surface area contributed by atoms with Gasteiger partial charge in [0, 0.05) is 19.4 Å². The second kappa shape index (κ2) is 5.29. The zero-order valence-electron chi connectivity index (χ0n) is 9.46. The van der Waals surface area contributed by atoms with Crippen molar-refractivity contribution in [2.24, 2.45) is 11.7 Å². The van der Waals surface area contributed by atoms with Gasteiger partial charge in [-0.2, -0.15) is 8.78 Å². The van der Waals surface area contributed by atoms with Crippen molar-refractivity contribution in [1.29, 1.82) is 0 Å². The Kier molecular flexibility index (Phi) is 4.46. The molecule has 1 aliphatic heterocycles. The van der Waals surface area contributed by atoms with E-state index in [4.69, 9.17) is 5.73 Å². The van der Waals surface area contributed by atoms with E-state index in [1.807, 2.05) is 0 Å². The number of hydrogen-bond acceptors (Lipinski definition) is 2. The minimum Gasteiger partial charge on any atom is -0.368 e. The molecule has 98 valence electrons. The smallest absolute Gasteiger partial charge is 0.301 e. The molecule has 1 saturated heterocycles. The van der Waals surface area contributed by atoms with Gasteiger partial charge < -0.3 is 10.6 Å². The summed E-state index contributed by atoms with van der Waals surface area (Å²) in [5, 5.41) is 0. The van der Waals surface area contributed by atoms with Crippen molar-refractivity contribution in [1.82, 2.24) is 4.90 Å². The number of carbonyl (C=O) groups excluding carboxylic acids is 2. The number of rotatable bonds is 5. The summed E-state index contributed by atoms with van der Waals surface area (Å²) in [6.45, 7) is 1.90. The molecule has 7 heteroatoms. The molecule has 1 rings (SSSR count). The highest BCUT2D eigenvalue weighted by molar-refractivity contribution is 9.09. The van der Waals surface area contributed by atoms with E-state index in [-0.39, 0.29) is 18.9 Å². The summed E-state index contributed by atoms with van der Waals surface area (Å²) in [6.07, 6.45) is 0.0356. The Morgan fingerprint density at radius 3 is 2.71 bits per heavy atom. The van der Waals surface area contributed by atoms with Gasteiger partial charge in [-0.1, -0.05) is 6.92 Å². The second-order valence-electron chi connectivity index (χ2n) is 4.26. The van der Waals surface area contributed by atoms with Crippen LogP contribution in [0.3, 0.4) is 0 Å². The number of carbonyl (C=O) groups is 2. The van der Waals surface area contributed by atoms with Crippen molar-refractivity contribution in [3.63, 3.8) is 0 Å². The molecule has 2 amide bonds. The quantitative estimate of drug-likeness (QED) is 0.781. The van der Waals surface area contributed by atoms with Crippen LogP contribution in [0, 0.1) is 5.92 Å². The van der Waals surface area contributed by atoms with Crippen molar-refractivity contribution in [3.8, 4) is 0 Å². The molecule has 0 bridgehead atoms. The van der Waals surface area contributed by atoms with Crippen LogP contribution in [-0.2, 0) is 9.59 Å². The highest BCUT2D eigenvalue weighted by Gasteiger charge is 2.40. The van der Waals surface area contributed by atoms with E-state index in [9.17, 15) is 18.4 Å². The summed E-state index contributed by atoms with van der Waals surface area (Å²) >= 11 is 2.26. The Labute approximate surface area is 107 Å². The maximum Gasteiger partial charge on any atom is 0.301 e. The van der Waals surface area contributed by atoms with Crippen molar-refractivity contribution in [2.45, 2.75) is 37.1 Å². The number of nitrogens with two attached hydrogens (primary N) is 1. The predicted molar refractivity (Wildman–Crippen MR) is 61.6 cm³/mol. The lowest BCUT2D eigenvalue weighted by Gasteiger charge is -2.24. The van der Waals surface area contributed by atoms with E-state index in [1.165, 1.54) is 4.90 Å². The van der Waals surface area contributed by atoms with Crippen LogP contribution in [0.15, 0.2) is 0 Å². The van der Waals surface area contributed by atoms with Gasteiger partial charge in [0.2, 0.25) is 11.8 Å². The molecule has 0 aromatic rings. The van der Waals surface area contributed by atoms with Crippen LogP contribution in [0.4, 0.5) is 8.78 Å². The summed E-state index contributed by atoms with van der Waals surface area (Å²) in [5.74, 6) is -1.31. The average molecular weight is 313 g/mol. The Hall–Kier alpha value is -0.720. The van der Waals surface area contributed by atoms with E-state index in [0.717, 1.165) is 0 Å². The predicted octanol–water partition coefficient (Wildman–Crippen LogP) is 1.48. The minimum absolute atomic E-state index is 0.0466. The zero-order valence-corrected chi connectivity index (χ0v) is 11.0. The standard InChI is InChI=1S/C10H15BrF2N2O2/c1-2-7(9(14)17)15-5-6(3-8(15)16)4-10(11,12)13/h6-7H,2-5H2,1H3,(H2,14,17)/t6?,7-/m0/s1. The molecular weight excluding hydrogens is 298 g/mol. The number of hydrogen-bond donors (Lipinski definition) is 1. The third-order valence-electron chi connectivity index (χ3n) is 2.85. The topological polar surface area (TPSA) is 63.4 Å². The zero-order chi connectivity index (χ0) is 13.2. The largest absolute Gasteiger partial charge is 0.368 e. The molecule has 0 radical (unpaired) electrons. The first-order chi connectivity index (χ1) is 7.74. The summed E-state index contributed by atoms with van der Waals surface area (Å²) in [6, 6.07) is -0.684. The van der Waals surface area contributed by atoms with Gasteiger partial charge in [-0.15, -0.1) is 0 Å². The van der Waals surface area contributed by atoms with Crippen molar-refractivity contribution >= 4 is 27.7 Å². The van der Waals surface area contributed by atoms with Crippen LogP contribution in [0.2, 0.25) is 0 Å². The maximum atomic E-state index is 12.8. The van der Waals surface area contributed by atoms with Crippen LogP contribution in [0.1, 0.15) is 26.2 Å². The van der Waals surface area contributed by atoms with Crippen molar-refractivity contribution in [2.75, 3.05) is 6.54 Å². The summed E-state index contributed by atoms with van der Waals surface area (Å²) in [7, 11) is 0. The normalized spacial score (nSPS) is 22.9. The second-order valence-corrected chi connectivity index (χ2v) is 5.42. The first kappa shape index (κ1) is 14.3. The van der Waals surface area contributed by atoms with Gasteiger partial charge in [-0.25, -0.2) is 0 Å². The summed E-state index contributed by atoms with van der Waals surface area (Å²) in [4.78, 5) is 21.1. The van der Waals surface area contributed by atoms with Crippen LogP contribution in [0.25, 0.3) is 0 Å². The fourth-order valence-electron chi connectivity index (χ4n) is 2.15. The van der Waals surface area contributed by atoms with Gasteiger partial charge in [-0.05, 0) is 28.3 Å². The number of halogens is 3. The fourth-order valence-corrected chi connectivity index (χ4v) is 2.61. The van der Waals surface area contributed by atoms with Crippen LogP contribution >= 0.6 is 15.9 Å². The monoisotopic (exact) mass is 312 g/mol.